The van der Waals surface area contributed by atoms with E-state index >= 15 is 0 Å². The standard InChI is InChI=1S/C11H17N5O2S/c1-16(2)11-15-10(17-3)8(19-11)6-12-5-4-9-13-7-14-18-9/h7,12H,4-6H2,1-3H3. The largest absolute Gasteiger partial charge is 0.480 e. The van der Waals surface area contributed by atoms with E-state index in [1.54, 1.807) is 18.4 Å². The Morgan fingerprint density at radius 2 is 2.32 bits per heavy atom. The lowest BCUT2D eigenvalue weighted by molar-refractivity contribution is 0.374. The van der Waals surface area contributed by atoms with Gasteiger partial charge >= 0.3 is 0 Å². The number of rotatable bonds is 7. The van der Waals surface area contributed by atoms with E-state index in [1.807, 2.05) is 19.0 Å². The predicted molar refractivity (Wildman–Crippen MR) is 72.7 cm³/mol. The second-order valence-corrected chi connectivity index (χ2v) is 5.15. The molecule has 104 valence electrons. The molecule has 0 aromatic carbocycles. The molecule has 0 fully saturated rings. The molecule has 0 aliphatic heterocycles. The van der Waals surface area contributed by atoms with E-state index in [0.717, 1.165) is 16.6 Å². The van der Waals surface area contributed by atoms with Crippen molar-refractivity contribution in [1.82, 2.24) is 20.4 Å². The minimum Gasteiger partial charge on any atom is -0.480 e. The van der Waals surface area contributed by atoms with Gasteiger partial charge in [-0.05, 0) is 0 Å². The third-order valence-electron chi connectivity index (χ3n) is 2.43. The number of aromatic nitrogens is 3. The molecule has 0 saturated heterocycles. The van der Waals surface area contributed by atoms with Gasteiger partial charge in [0, 0.05) is 33.6 Å². The van der Waals surface area contributed by atoms with E-state index in [2.05, 4.69) is 20.4 Å². The van der Waals surface area contributed by atoms with Crippen molar-refractivity contribution in [2.24, 2.45) is 0 Å². The Bertz CT molecular complexity index is 497. The summed E-state index contributed by atoms with van der Waals surface area (Å²) in [4.78, 5) is 11.4. The third-order valence-corrected chi connectivity index (χ3v) is 3.64. The second-order valence-electron chi connectivity index (χ2n) is 4.09. The quantitative estimate of drug-likeness (QED) is 0.757. The van der Waals surface area contributed by atoms with Crippen LogP contribution < -0.4 is 15.0 Å². The highest BCUT2D eigenvalue weighted by Crippen LogP contribution is 2.30. The zero-order chi connectivity index (χ0) is 13.7. The molecule has 2 rings (SSSR count). The van der Waals surface area contributed by atoms with Gasteiger partial charge in [0.2, 0.25) is 11.8 Å². The van der Waals surface area contributed by atoms with Crippen molar-refractivity contribution in [3.05, 3.63) is 17.1 Å². The zero-order valence-electron chi connectivity index (χ0n) is 11.2. The maximum Gasteiger partial charge on any atom is 0.230 e. The minimum atomic E-state index is 0.637. The van der Waals surface area contributed by atoms with Crippen molar-refractivity contribution in [3.8, 4) is 5.88 Å². The van der Waals surface area contributed by atoms with Gasteiger partial charge in [-0.25, -0.2) is 0 Å². The summed E-state index contributed by atoms with van der Waals surface area (Å²) in [5.41, 5.74) is 0. The number of nitrogens with one attached hydrogen (secondary N) is 1. The van der Waals surface area contributed by atoms with E-state index in [0.29, 0.717) is 24.7 Å². The molecule has 1 N–H and O–H groups in total. The van der Waals surface area contributed by atoms with Gasteiger partial charge in [-0.1, -0.05) is 16.5 Å². The van der Waals surface area contributed by atoms with Crippen LogP contribution in [0.25, 0.3) is 0 Å². The molecule has 0 saturated carbocycles. The first-order chi connectivity index (χ1) is 9.20. The van der Waals surface area contributed by atoms with Crippen molar-refractivity contribution >= 4 is 16.5 Å². The van der Waals surface area contributed by atoms with Crippen molar-refractivity contribution < 1.29 is 9.26 Å². The average molecular weight is 283 g/mol. The van der Waals surface area contributed by atoms with E-state index in [1.165, 1.54) is 6.33 Å². The van der Waals surface area contributed by atoms with E-state index in [-0.39, 0.29) is 0 Å². The minimum absolute atomic E-state index is 0.637. The molecule has 8 heteroatoms. The van der Waals surface area contributed by atoms with Crippen molar-refractivity contribution in [3.63, 3.8) is 0 Å². The third kappa shape index (κ3) is 3.65. The molecule has 0 spiro atoms. The fourth-order valence-electron chi connectivity index (χ4n) is 1.49. The topological polar surface area (TPSA) is 76.3 Å². The number of ether oxygens (including phenoxy) is 1. The lowest BCUT2D eigenvalue weighted by Crippen LogP contribution is -2.16. The zero-order valence-corrected chi connectivity index (χ0v) is 12.0. The van der Waals surface area contributed by atoms with Crippen LogP contribution in [0, 0.1) is 0 Å². The first-order valence-electron chi connectivity index (χ1n) is 5.88. The maximum atomic E-state index is 5.27. The van der Waals surface area contributed by atoms with Crippen LogP contribution in [0.15, 0.2) is 10.9 Å². The molecule has 0 aliphatic carbocycles. The molecule has 0 amide bonds. The van der Waals surface area contributed by atoms with Gasteiger partial charge in [0.25, 0.3) is 0 Å². The predicted octanol–water partition coefficient (Wildman–Crippen LogP) is 0.933. The van der Waals surface area contributed by atoms with E-state index in [9.17, 15) is 0 Å². The summed E-state index contributed by atoms with van der Waals surface area (Å²) in [7, 11) is 5.56. The molecule has 0 unspecified atom stereocenters. The number of nitrogens with zero attached hydrogens (tertiary/aromatic N) is 4. The summed E-state index contributed by atoms with van der Waals surface area (Å²) in [5.74, 6) is 1.32. The first kappa shape index (κ1) is 13.8. The van der Waals surface area contributed by atoms with Crippen molar-refractivity contribution in [2.75, 3.05) is 32.6 Å². The van der Waals surface area contributed by atoms with Crippen LogP contribution in [0.5, 0.6) is 5.88 Å². The molecule has 0 atom stereocenters. The lowest BCUT2D eigenvalue weighted by Gasteiger charge is -2.04. The van der Waals surface area contributed by atoms with Crippen LogP contribution in [-0.4, -0.2) is 42.9 Å². The summed E-state index contributed by atoms with van der Waals surface area (Å²) in [6.45, 7) is 1.48. The molecule has 0 bridgehead atoms. The number of anilines is 1. The number of hydrogen-bond donors (Lipinski definition) is 1. The van der Waals surface area contributed by atoms with E-state index < -0.39 is 0 Å². The van der Waals surface area contributed by atoms with Gasteiger partial charge in [0.1, 0.15) is 0 Å². The van der Waals surface area contributed by atoms with Crippen molar-refractivity contribution in [2.45, 2.75) is 13.0 Å². The monoisotopic (exact) mass is 283 g/mol. The molecule has 2 aromatic heterocycles. The Kier molecular flexibility index (Phi) is 4.69. The summed E-state index contributed by atoms with van der Waals surface area (Å²) >= 11 is 1.62. The molecule has 0 radical (unpaired) electrons. The van der Waals surface area contributed by atoms with Gasteiger partial charge in [0.05, 0.1) is 12.0 Å². The van der Waals surface area contributed by atoms with Crippen molar-refractivity contribution in [1.29, 1.82) is 0 Å². The average Bonchev–Trinajstić information content (AvgIpc) is 3.03. The Labute approximate surface area is 115 Å². The fraction of sp³-hybridized carbons (Fsp3) is 0.545. The highest BCUT2D eigenvalue weighted by molar-refractivity contribution is 7.15. The van der Waals surface area contributed by atoms with Gasteiger partial charge in [-0.15, -0.1) is 0 Å². The summed E-state index contributed by atoms with van der Waals surface area (Å²) in [5, 5.41) is 7.81. The molecular formula is C11H17N5O2S. The Balaban J connectivity index is 1.84. The van der Waals surface area contributed by atoms with Gasteiger partial charge < -0.3 is 19.5 Å². The SMILES string of the molecule is COc1nc(N(C)C)sc1CNCCc1ncno1. The van der Waals surface area contributed by atoms with Crippen LogP contribution in [-0.2, 0) is 13.0 Å². The molecule has 0 aliphatic rings. The van der Waals surface area contributed by atoms with Gasteiger partial charge in [0.15, 0.2) is 11.5 Å². The van der Waals surface area contributed by atoms with Crippen LogP contribution in [0.1, 0.15) is 10.8 Å². The Hall–Kier alpha value is -1.67. The highest BCUT2D eigenvalue weighted by Gasteiger charge is 2.12. The molecular weight excluding hydrogens is 266 g/mol. The van der Waals surface area contributed by atoms with Gasteiger partial charge in [-0.3, -0.25) is 0 Å². The van der Waals surface area contributed by atoms with Crippen LogP contribution >= 0.6 is 11.3 Å². The van der Waals surface area contributed by atoms with Crippen LogP contribution in [0.3, 0.4) is 0 Å². The number of methoxy groups -OCH3 is 1. The molecule has 7 nitrogen and oxygen atoms in total. The van der Waals surface area contributed by atoms with E-state index in [4.69, 9.17) is 9.26 Å². The summed E-state index contributed by atoms with van der Waals surface area (Å²) in [6.07, 6.45) is 2.12. The summed E-state index contributed by atoms with van der Waals surface area (Å²) < 4.78 is 10.2. The van der Waals surface area contributed by atoms with Gasteiger partial charge in [-0.2, -0.15) is 9.97 Å². The fourth-order valence-corrected chi connectivity index (χ4v) is 2.41. The molecule has 2 aromatic rings. The Morgan fingerprint density at radius 3 is 2.95 bits per heavy atom. The smallest absolute Gasteiger partial charge is 0.230 e. The second kappa shape index (κ2) is 6.48. The number of hydrogen-bond acceptors (Lipinski definition) is 8. The molecule has 2 heterocycles. The van der Waals surface area contributed by atoms with Crippen LogP contribution in [0.2, 0.25) is 0 Å². The maximum absolute atomic E-state index is 5.27. The normalized spacial score (nSPS) is 10.7. The highest BCUT2D eigenvalue weighted by atomic mass is 32.1. The lowest BCUT2D eigenvalue weighted by atomic mass is 10.4. The Morgan fingerprint density at radius 1 is 1.47 bits per heavy atom. The summed E-state index contributed by atoms with van der Waals surface area (Å²) in [6, 6.07) is 0. The number of thiazole rings is 1. The first-order valence-corrected chi connectivity index (χ1v) is 6.69. The molecule has 19 heavy (non-hydrogen) atoms. The van der Waals surface area contributed by atoms with Crippen LogP contribution in [0.4, 0.5) is 5.13 Å².